The van der Waals surface area contributed by atoms with Gasteiger partial charge in [-0.15, -0.1) is 0 Å². The second-order valence-corrected chi connectivity index (χ2v) is 4.40. The highest BCUT2D eigenvalue weighted by Gasteiger charge is 2.66. The van der Waals surface area contributed by atoms with Crippen molar-refractivity contribution < 1.29 is 9.53 Å². The molecule has 2 aliphatic carbocycles. The molecule has 3 atom stereocenters. The molecule has 3 rings (SSSR count). The average molecular weight is 166 g/mol. The summed E-state index contributed by atoms with van der Waals surface area (Å²) in [5.41, 5.74) is 0.0631. The maximum absolute atomic E-state index is 11.4. The third-order valence-electron chi connectivity index (χ3n) is 3.82. The summed E-state index contributed by atoms with van der Waals surface area (Å²) in [7, 11) is 0. The molecule has 66 valence electrons. The van der Waals surface area contributed by atoms with Crippen LogP contribution in [0.5, 0.6) is 0 Å². The van der Waals surface area contributed by atoms with E-state index in [9.17, 15) is 4.79 Å². The van der Waals surface area contributed by atoms with E-state index < -0.39 is 0 Å². The Morgan fingerprint density at radius 1 is 1.33 bits per heavy atom. The molecule has 0 aromatic heterocycles. The van der Waals surface area contributed by atoms with Crippen LogP contribution in [0.15, 0.2) is 0 Å². The average Bonchev–Trinajstić information content (AvgIpc) is 2.80. The van der Waals surface area contributed by atoms with Crippen LogP contribution in [-0.4, -0.2) is 17.5 Å². The molecule has 2 saturated carbocycles. The molecule has 0 bridgehead atoms. The standard InChI is InChI=1S/C10H14O2/c11-8-5-4-7-3-1-2-6-10(7)9(8)12-10/h7,9H,1-6H2/t7-,9-,10+/m1/s1. The lowest BCUT2D eigenvalue weighted by Crippen LogP contribution is -2.37. The Kier molecular flexibility index (Phi) is 1.24. The first-order valence-corrected chi connectivity index (χ1v) is 5.03. The Hall–Kier alpha value is -0.370. The van der Waals surface area contributed by atoms with E-state index in [1.54, 1.807) is 0 Å². The van der Waals surface area contributed by atoms with E-state index in [2.05, 4.69) is 0 Å². The molecule has 1 heterocycles. The van der Waals surface area contributed by atoms with Gasteiger partial charge in [0.1, 0.15) is 11.7 Å². The SMILES string of the molecule is O=C1CC[C@H]2CCCC[C@]23O[C@H]13. The molecule has 12 heavy (non-hydrogen) atoms. The molecule has 0 aromatic rings. The number of ketones is 1. The largest absolute Gasteiger partial charge is 0.357 e. The van der Waals surface area contributed by atoms with Gasteiger partial charge in [0.05, 0.1) is 0 Å². The lowest BCUT2D eigenvalue weighted by molar-refractivity contribution is -0.121. The molecule has 0 N–H and O–H groups in total. The molecule has 2 nitrogen and oxygen atoms in total. The minimum Gasteiger partial charge on any atom is -0.357 e. The number of hydrogen-bond acceptors (Lipinski definition) is 2. The number of carbonyl (C=O) groups is 1. The van der Waals surface area contributed by atoms with Gasteiger partial charge in [-0.25, -0.2) is 0 Å². The van der Waals surface area contributed by atoms with E-state index in [-0.39, 0.29) is 11.7 Å². The summed E-state index contributed by atoms with van der Waals surface area (Å²) in [6.45, 7) is 0. The molecule has 0 amide bonds. The Bertz CT molecular complexity index is 236. The van der Waals surface area contributed by atoms with E-state index >= 15 is 0 Å². The quantitative estimate of drug-likeness (QED) is 0.512. The molecule has 1 saturated heterocycles. The summed E-state index contributed by atoms with van der Waals surface area (Å²) in [6.07, 6.45) is 6.94. The van der Waals surface area contributed by atoms with Gasteiger partial charge in [0.25, 0.3) is 0 Å². The topological polar surface area (TPSA) is 29.6 Å². The van der Waals surface area contributed by atoms with Gasteiger partial charge >= 0.3 is 0 Å². The summed E-state index contributed by atoms with van der Waals surface area (Å²) >= 11 is 0. The van der Waals surface area contributed by atoms with Crippen LogP contribution < -0.4 is 0 Å². The van der Waals surface area contributed by atoms with Crippen LogP contribution in [0.3, 0.4) is 0 Å². The van der Waals surface area contributed by atoms with Crippen LogP contribution >= 0.6 is 0 Å². The highest BCUT2D eigenvalue weighted by atomic mass is 16.6. The zero-order valence-corrected chi connectivity index (χ0v) is 7.21. The number of epoxide rings is 1. The van der Waals surface area contributed by atoms with Crippen molar-refractivity contribution in [2.45, 2.75) is 50.2 Å². The monoisotopic (exact) mass is 166 g/mol. The zero-order valence-electron chi connectivity index (χ0n) is 7.21. The van der Waals surface area contributed by atoms with Crippen LogP contribution in [-0.2, 0) is 9.53 Å². The molecule has 1 aliphatic heterocycles. The van der Waals surface area contributed by atoms with Crippen molar-refractivity contribution in [1.29, 1.82) is 0 Å². The van der Waals surface area contributed by atoms with Crippen molar-refractivity contribution in [3.63, 3.8) is 0 Å². The number of hydrogen-bond donors (Lipinski definition) is 0. The van der Waals surface area contributed by atoms with E-state index in [1.165, 1.54) is 19.3 Å². The molecule has 3 aliphatic rings. The summed E-state index contributed by atoms with van der Waals surface area (Å²) < 4.78 is 5.63. The molecule has 2 heteroatoms. The van der Waals surface area contributed by atoms with E-state index in [4.69, 9.17) is 4.74 Å². The smallest absolute Gasteiger partial charge is 0.164 e. The normalized spacial score (nSPS) is 51.2. The summed E-state index contributed by atoms with van der Waals surface area (Å²) in [5.74, 6) is 1.09. The van der Waals surface area contributed by atoms with Gasteiger partial charge in [0, 0.05) is 6.42 Å². The lowest BCUT2D eigenvalue weighted by atomic mass is 9.70. The van der Waals surface area contributed by atoms with Crippen LogP contribution in [0, 0.1) is 5.92 Å². The Labute approximate surface area is 72.3 Å². The third-order valence-corrected chi connectivity index (χ3v) is 3.82. The molecular formula is C10H14O2. The van der Waals surface area contributed by atoms with Gasteiger partial charge in [-0.3, -0.25) is 4.79 Å². The van der Waals surface area contributed by atoms with Gasteiger partial charge in [-0.05, 0) is 25.2 Å². The first kappa shape index (κ1) is 7.07. The van der Waals surface area contributed by atoms with E-state index in [0.29, 0.717) is 11.7 Å². The molecule has 1 spiro atoms. The van der Waals surface area contributed by atoms with Crippen molar-refractivity contribution in [3.8, 4) is 0 Å². The second-order valence-electron chi connectivity index (χ2n) is 4.40. The first-order chi connectivity index (χ1) is 5.83. The summed E-state index contributed by atoms with van der Waals surface area (Å²) in [6, 6.07) is 0. The van der Waals surface area contributed by atoms with Crippen molar-refractivity contribution in [1.82, 2.24) is 0 Å². The van der Waals surface area contributed by atoms with Crippen LogP contribution in [0.25, 0.3) is 0 Å². The predicted molar refractivity (Wildman–Crippen MR) is 43.8 cm³/mol. The molecule has 3 fully saturated rings. The van der Waals surface area contributed by atoms with Crippen LogP contribution in [0.4, 0.5) is 0 Å². The van der Waals surface area contributed by atoms with Gasteiger partial charge < -0.3 is 4.74 Å². The fourth-order valence-corrected chi connectivity index (χ4v) is 3.10. The minimum absolute atomic E-state index is 0.0246. The van der Waals surface area contributed by atoms with Crippen molar-refractivity contribution in [2.75, 3.05) is 0 Å². The predicted octanol–water partition coefficient (Wildman–Crippen LogP) is 1.68. The molecule has 0 unspecified atom stereocenters. The second kappa shape index (κ2) is 2.11. The maximum atomic E-state index is 11.4. The Morgan fingerprint density at radius 2 is 2.25 bits per heavy atom. The number of carbonyl (C=O) groups excluding carboxylic acids is 1. The number of rotatable bonds is 0. The first-order valence-electron chi connectivity index (χ1n) is 5.03. The fourth-order valence-electron chi connectivity index (χ4n) is 3.10. The zero-order chi connectivity index (χ0) is 8.18. The number of Topliss-reactive ketones (excluding diaryl/α,β-unsaturated/α-hetero) is 1. The Morgan fingerprint density at radius 3 is 3.17 bits per heavy atom. The highest BCUT2D eigenvalue weighted by molar-refractivity contribution is 5.88. The van der Waals surface area contributed by atoms with Gasteiger partial charge in [0.15, 0.2) is 5.78 Å². The van der Waals surface area contributed by atoms with Gasteiger partial charge in [-0.2, -0.15) is 0 Å². The molecular weight excluding hydrogens is 152 g/mol. The highest BCUT2D eigenvalue weighted by Crippen LogP contribution is 2.56. The summed E-state index contributed by atoms with van der Waals surface area (Å²) in [5, 5.41) is 0. The number of ether oxygens (including phenoxy) is 1. The van der Waals surface area contributed by atoms with Crippen molar-refractivity contribution in [2.24, 2.45) is 5.92 Å². The third kappa shape index (κ3) is 0.717. The van der Waals surface area contributed by atoms with Crippen LogP contribution in [0.2, 0.25) is 0 Å². The van der Waals surface area contributed by atoms with Crippen LogP contribution in [0.1, 0.15) is 38.5 Å². The lowest BCUT2D eigenvalue weighted by Gasteiger charge is -2.31. The maximum Gasteiger partial charge on any atom is 0.164 e. The van der Waals surface area contributed by atoms with Gasteiger partial charge in [-0.1, -0.05) is 12.8 Å². The van der Waals surface area contributed by atoms with Gasteiger partial charge in [0.2, 0.25) is 0 Å². The van der Waals surface area contributed by atoms with Crippen molar-refractivity contribution >= 4 is 5.78 Å². The molecule has 0 radical (unpaired) electrons. The van der Waals surface area contributed by atoms with E-state index in [0.717, 1.165) is 19.3 Å². The van der Waals surface area contributed by atoms with Crippen molar-refractivity contribution in [3.05, 3.63) is 0 Å². The Balaban J connectivity index is 1.88. The molecule has 0 aromatic carbocycles. The fraction of sp³-hybridized carbons (Fsp3) is 0.900. The summed E-state index contributed by atoms with van der Waals surface area (Å²) in [4.78, 5) is 11.4. The minimum atomic E-state index is 0.0246. The van der Waals surface area contributed by atoms with E-state index in [1.807, 2.05) is 0 Å².